The molecule has 2 aliphatic carbocycles. The van der Waals surface area contributed by atoms with Crippen LogP contribution >= 0.6 is 0 Å². The van der Waals surface area contributed by atoms with Crippen LogP contribution in [0.3, 0.4) is 0 Å². The fourth-order valence-electron chi connectivity index (χ4n) is 8.78. The zero-order chi connectivity index (χ0) is 33.0. The van der Waals surface area contributed by atoms with Gasteiger partial charge < -0.3 is 0 Å². The van der Waals surface area contributed by atoms with E-state index in [0.29, 0.717) is 0 Å². The van der Waals surface area contributed by atoms with Crippen LogP contribution in [-0.4, -0.2) is 5.71 Å². The minimum atomic E-state index is 0.153. The maximum atomic E-state index is 5.73. The Balaban J connectivity index is 1.27. The predicted octanol–water partition coefficient (Wildman–Crippen LogP) is 12.2. The molecule has 0 saturated carbocycles. The number of benzene rings is 7. The summed E-state index contributed by atoms with van der Waals surface area (Å²) in [5.41, 5.74) is 20.7. The number of allylic oxidation sites excluding steroid dienone is 1. The van der Waals surface area contributed by atoms with E-state index in [-0.39, 0.29) is 11.8 Å². The number of rotatable bonds is 4. The molecule has 0 amide bonds. The Hall–Kier alpha value is -6.05. The normalized spacial score (nSPS) is 17.1. The Morgan fingerprint density at radius 1 is 0.380 bits per heavy atom. The van der Waals surface area contributed by atoms with Crippen molar-refractivity contribution in [1.29, 1.82) is 0 Å². The van der Waals surface area contributed by atoms with Gasteiger partial charge in [-0.2, -0.15) is 0 Å². The van der Waals surface area contributed by atoms with Gasteiger partial charge >= 0.3 is 0 Å². The van der Waals surface area contributed by atoms with Crippen LogP contribution in [0.1, 0.15) is 57.2 Å². The molecule has 7 aromatic carbocycles. The molecule has 1 heteroatoms. The van der Waals surface area contributed by atoms with Crippen molar-refractivity contribution in [3.05, 3.63) is 215 Å². The number of hydrogen-bond acceptors (Lipinski definition) is 1. The molecule has 2 unspecified atom stereocenters. The minimum Gasteiger partial charge on any atom is -0.251 e. The highest BCUT2D eigenvalue weighted by molar-refractivity contribution is 6.16. The molecule has 1 aliphatic heterocycles. The molecule has 0 radical (unpaired) electrons. The molecule has 2 atom stereocenters. The van der Waals surface area contributed by atoms with Crippen LogP contribution in [-0.2, 0) is 6.42 Å². The second kappa shape index (κ2) is 11.8. The van der Waals surface area contributed by atoms with Crippen molar-refractivity contribution in [3.63, 3.8) is 0 Å². The molecule has 7 aromatic rings. The molecule has 1 nitrogen and oxygen atoms in total. The summed E-state index contributed by atoms with van der Waals surface area (Å²) >= 11 is 0. The third-order valence-electron chi connectivity index (χ3n) is 11.1. The molecule has 50 heavy (non-hydrogen) atoms. The molecule has 236 valence electrons. The van der Waals surface area contributed by atoms with E-state index in [2.05, 4.69) is 176 Å². The summed E-state index contributed by atoms with van der Waals surface area (Å²) in [5.74, 6) is 0.432. The van der Waals surface area contributed by atoms with Gasteiger partial charge in [0.25, 0.3) is 0 Å². The topological polar surface area (TPSA) is 12.4 Å². The van der Waals surface area contributed by atoms with Crippen molar-refractivity contribution in [2.75, 3.05) is 0 Å². The largest absolute Gasteiger partial charge is 0.251 e. The molecule has 1 heterocycles. The van der Waals surface area contributed by atoms with E-state index in [0.717, 1.165) is 29.8 Å². The number of hydrogen-bond donors (Lipinski definition) is 0. The van der Waals surface area contributed by atoms with Gasteiger partial charge in [0, 0.05) is 17.4 Å². The average Bonchev–Trinajstić information content (AvgIpc) is 3.32. The summed E-state index contributed by atoms with van der Waals surface area (Å²) < 4.78 is 0. The highest BCUT2D eigenvalue weighted by atomic mass is 14.8. The molecule has 10 rings (SSSR count). The maximum Gasteiger partial charge on any atom is 0.0744 e. The molecule has 0 spiro atoms. The monoisotopic (exact) mass is 637 g/mol. The fourth-order valence-corrected chi connectivity index (χ4v) is 8.78. The fraction of sp³-hybridized carbons (Fsp3) is 0.0816. The summed E-state index contributed by atoms with van der Waals surface area (Å²) in [6.45, 7) is 0. The van der Waals surface area contributed by atoms with Crippen LogP contribution < -0.4 is 0 Å². The van der Waals surface area contributed by atoms with E-state index >= 15 is 0 Å². The first-order valence-electron chi connectivity index (χ1n) is 17.7. The van der Waals surface area contributed by atoms with E-state index in [1.807, 2.05) is 0 Å². The third kappa shape index (κ3) is 4.65. The Bertz CT molecular complexity index is 2450. The van der Waals surface area contributed by atoms with Crippen LogP contribution in [0.5, 0.6) is 0 Å². The van der Waals surface area contributed by atoms with Gasteiger partial charge in [-0.25, -0.2) is 0 Å². The summed E-state index contributed by atoms with van der Waals surface area (Å²) in [7, 11) is 0. The molecule has 2 bridgehead atoms. The first-order valence-corrected chi connectivity index (χ1v) is 17.7. The van der Waals surface area contributed by atoms with Crippen LogP contribution in [0.2, 0.25) is 0 Å². The summed E-state index contributed by atoms with van der Waals surface area (Å²) in [5, 5.41) is 0. The van der Waals surface area contributed by atoms with Crippen molar-refractivity contribution in [3.8, 4) is 33.4 Å². The van der Waals surface area contributed by atoms with Gasteiger partial charge in [0.1, 0.15) is 0 Å². The van der Waals surface area contributed by atoms with Crippen molar-refractivity contribution in [2.45, 2.75) is 24.7 Å². The molecule has 0 N–H and O–H groups in total. The lowest BCUT2D eigenvalue weighted by Crippen LogP contribution is -2.19. The number of aliphatic imine (C=N–C) groups is 1. The molecule has 0 saturated heterocycles. The van der Waals surface area contributed by atoms with E-state index < -0.39 is 0 Å². The first kappa shape index (κ1) is 28.9. The highest BCUT2D eigenvalue weighted by Crippen LogP contribution is 2.54. The van der Waals surface area contributed by atoms with Gasteiger partial charge in [0.05, 0.1) is 11.4 Å². The number of fused-ring (bicyclic) bond motifs is 11. The van der Waals surface area contributed by atoms with Crippen LogP contribution in [0.15, 0.2) is 181 Å². The quantitative estimate of drug-likeness (QED) is 0.182. The third-order valence-corrected chi connectivity index (χ3v) is 11.1. The second-order valence-electron chi connectivity index (χ2n) is 13.7. The molecule has 3 aliphatic rings. The van der Waals surface area contributed by atoms with Gasteiger partial charge in [-0.3, -0.25) is 4.99 Å². The van der Waals surface area contributed by atoms with Gasteiger partial charge in [-0.1, -0.05) is 176 Å². The maximum absolute atomic E-state index is 5.73. The molecule has 0 aromatic heterocycles. The summed E-state index contributed by atoms with van der Waals surface area (Å²) in [6, 6.07) is 64.6. The van der Waals surface area contributed by atoms with Gasteiger partial charge in [0.2, 0.25) is 0 Å². The van der Waals surface area contributed by atoms with Crippen molar-refractivity contribution >= 4 is 17.0 Å². The van der Waals surface area contributed by atoms with E-state index in [9.17, 15) is 0 Å². The smallest absolute Gasteiger partial charge is 0.0744 e. The van der Waals surface area contributed by atoms with Gasteiger partial charge in [0.15, 0.2) is 0 Å². The standard InChI is InChI=1S/C49H35N/c1-4-14-32(15-5-1)33-24-26-36(27-25-33)49-46-31-45(48(50-49)35-18-8-3-9-19-35)40-23-13-11-21-38(40)42-29-28-41-37-20-10-12-22-39(37)43(30-44(41)47(42)46)34-16-6-2-7-17-34/h1-29,43,45H,30-31H2. The van der Waals surface area contributed by atoms with Crippen molar-refractivity contribution in [2.24, 2.45) is 4.99 Å². The van der Waals surface area contributed by atoms with Crippen LogP contribution in [0.4, 0.5) is 0 Å². The number of nitrogens with zero attached hydrogens (tertiary/aromatic N) is 1. The second-order valence-corrected chi connectivity index (χ2v) is 13.7. The van der Waals surface area contributed by atoms with E-state index in [4.69, 9.17) is 4.99 Å². The molecular weight excluding hydrogens is 603 g/mol. The predicted molar refractivity (Wildman–Crippen MR) is 208 cm³/mol. The van der Waals surface area contributed by atoms with Crippen molar-refractivity contribution in [1.82, 2.24) is 0 Å². The molecular formula is C49H35N. The zero-order valence-electron chi connectivity index (χ0n) is 27.8. The SMILES string of the molecule is c1ccc(C2=NC(c3ccc(-c4ccccc4)cc3)=C3CC2c2ccccc2-c2ccc4c(c23)CC(c2ccccc2)c2ccccc2-4)cc1. The van der Waals surface area contributed by atoms with E-state index in [1.165, 1.54) is 72.3 Å². The lowest BCUT2D eigenvalue weighted by molar-refractivity contribution is 0.791. The Morgan fingerprint density at radius 2 is 0.900 bits per heavy atom. The first-order chi connectivity index (χ1) is 24.8. The Labute approximate surface area is 294 Å². The Morgan fingerprint density at radius 3 is 1.60 bits per heavy atom. The highest BCUT2D eigenvalue weighted by Gasteiger charge is 2.38. The lowest BCUT2D eigenvalue weighted by Gasteiger charge is -2.32. The van der Waals surface area contributed by atoms with E-state index in [1.54, 1.807) is 0 Å². The van der Waals surface area contributed by atoms with Crippen LogP contribution in [0, 0.1) is 0 Å². The van der Waals surface area contributed by atoms with Crippen molar-refractivity contribution < 1.29 is 0 Å². The minimum absolute atomic E-state index is 0.153. The molecule has 0 fully saturated rings. The van der Waals surface area contributed by atoms with Gasteiger partial charge in [-0.05, 0) is 85.2 Å². The lowest BCUT2D eigenvalue weighted by atomic mass is 9.72. The van der Waals surface area contributed by atoms with Crippen LogP contribution in [0.25, 0.3) is 44.7 Å². The summed E-state index contributed by atoms with van der Waals surface area (Å²) in [6.07, 6.45) is 1.85. The average molecular weight is 638 g/mol. The van der Waals surface area contributed by atoms with Gasteiger partial charge in [-0.15, -0.1) is 0 Å². The summed E-state index contributed by atoms with van der Waals surface area (Å²) in [4.78, 5) is 5.73. The zero-order valence-corrected chi connectivity index (χ0v) is 27.8. The Kier molecular flexibility index (Phi) is 6.84.